The van der Waals surface area contributed by atoms with E-state index < -0.39 is 18.2 Å². The van der Waals surface area contributed by atoms with E-state index in [0.29, 0.717) is 12.8 Å². The number of hydrogen-bond acceptors (Lipinski definition) is 4. The Hall–Kier alpha value is -1.43. The molecule has 152 valence electrons. The number of hydrogen-bond donors (Lipinski definition) is 3. The largest absolute Gasteiger partial charge is 0.481 e. The second-order valence-electron chi connectivity index (χ2n) is 6.91. The fourth-order valence-electron chi connectivity index (χ4n) is 2.80. The summed E-state index contributed by atoms with van der Waals surface area (Å²) in [6.45, 7) is 2.21. The van der Waals surface area contributed by atoms with Gasteiger partial charge in [-0.3, -0.25) is 4.79 Å². The summed E-state index contributed by atoms with van der Waals surface area (Å²) in [6, 6.07) is 3.82. The maximum Gasteiger partial charge on any atom is 0.303 e. The van der Waals surface area contributed by atoms with Crippen molar-refractivity contribution in [2.45, 2.75) is 83.3 Å². The first-order chi connectivity index (χ1) is 13.0. The molecule has 2 atom stereocenters. The summed E-state index contributed by atoms with van der Waals surface area (Å²) in [5, 5.41) is 28.7. The normalized spacial score (nSPS) is 14.2. The zero-order chi connectivity index (χ0) is 19.9. The van der Waals surface area contributed by atoms with Crippen molar-refractivity contribution in [1.82, 2.24) is 0 Å². The molecule has 1 rings (SSSR count). The van der Waals surface area contributed by atoms with Gasteiger partial charge in [-0.25, -0.2) is 0 Å². The molecule has 0 saturated carbocycles. The van der Waals surface area contributed by atoms with Gasteiger partial charge in [0.25, 0.3) is 0 Å². The lowest BCUT2D eigenvalue weighted by Crippen LogP contribution is -2.01. The first-order valence-electron chi connectivity index (χ1n) is 10.1. The quantitative estimate of drug-likeness (QED) is 0.263. The van der Waals surface area contributed by atoms with Crippen molar-refractivity contribution in [2.75, 3.05) is 0 Å². The predicted octanol–water partition coefficient (Wildman–Crippen LogP) is 5.72. The number of rotatable bonds is 15. The highest BCUT2D eigenvalue weighted by molar-refractivity contribution is 7.12. The molecule has 0 amide bonds. The van der Waals surface area contributed by atoms with Gasteiger partial charge in [0.15, 0.2) is 0 Å². The maximum atomic E-state index is 10.5. The maximum absolute atomic E-state index is 10.5. The van der Waals surface area contributed by atoms with E-state index in [0.717, 1.165) is 22.6 Å². The standard InChI is InChI=1S/C22H34O4S/c1-2-3-4-5-6-7-11-18(23)12-8-9-13-19-16-17-21(27-19)20(24)14-10-15-22(25)26/h8-9,12-13,16-18,20,23-24H,2-7,10-11,14-15H2,1H3,(H,25,26). The van der Waals surface area contributed by atoms with Crippen LogP contribution < -0.4 is 0 Å². The van der Waals surface area contributed by atoms with Gasteiger partial charge in [0.05, 0.1) is 12.2 Å². The molecule has 0 aromatic carbocycles. The molecule has 0 radical (unpaired) electrons. The van der Waals surface area contributed by atoms with Gasteiger partial charge in [0.2, 0.25) is 0 Å². The smallest absolute Gasteiger partial charge is 0.303 e. The highest BCUT2D eigenvalue weighted by Gasteiger charge is 2.10. The van der Waals surface area contributed by atoms with Crippen LogP contribution in [0.3, 0.4) is 0 Å². The Morgan fingerprint density at radius 1 is 1.04 bits per heavy atom. The molecule has 0 fully saturated rings. The van der Waals surface area contributed by atoms with Gasteiger partial charge in [-0.05, 0) is 37.5 Å². The number of aliphatic hydroxyl groups excluding tert-OH is 2. The van der Waals surface area contributed by atoms with Crippen LogP contribution in [0, 0.1) is 0 Å². The van der Waals surface area contributed by atoms with Crippen molar-refractivity contribution >= 4 is 23.4 Å². The van der Waals surface area contributed by atoms with Gasteiger partial charge < -0.3 is 15.3 Å². The molecule has 3 N–H and O–H groups in total. The third-order valence-electron chi connectivity index (χ3n) is 4.40. The highest BCUT2D eigenvalue weighted by Crippen LogP contribution is 2.27. The van der Waals surface area contributed by atoms with Gasteiger partial charge in [-0.2, -0.15) is 0 Å². The van der Waals surface area contributed by atoms with E-state index in [1.807, 2.05) is 36.4 Å². The van der Waals surface area contributed by atoms with Gasteiger partial charge in [-0.15, -0.1) is 11.3 Å². The fourth-order valence-corrected chi connectivity index (χ4v) is 3.74. The molecule has 27 heavy (non-hydrogen) atoms. The van der Waals surface area contributed by atoms with Crippen LogP contribution in [0.25, 0.3) is 6.08 Å². The number of carboxylic acids is 1. The Morgan fingerprint density at radius 3 is 2.52 bits per heavy atom. The van der Waals surface area contributed by atoms with Crippen molar-refractivity contribution in [3.05, 3.63) is 40.1 Å². The van der Waals surface area contributed by atoms with Crippen LogP contribution in [-0.2, 0) is 4.79 Å². The van der Waals surface area contributed by atoms with Gasteiger partial charge in [0.1, 0.15) is 0 Å². The summed E-state index contributed by atoms with van der Waals surface area (Å²) in [5.74, 6) is -0.831. The summed E-state index contributed by atoms with van der Waals surface area (Å²) in [4.78, 5) is 12.4. The topological polar surface area (TPSA) is 77.8 Å². The number of carbonyl (C=O) groups is 1. The molecule has 0 aliphatic heterocycles. The molecule has 0 saturated heterocycles. The molecular weight excluding hydrogens is 360 g/mol. The van der Waals surface area contributed by atoms with E-state index in [2.05, 4.69) is 6.92 Å². The average molecular weight is 395 g/mol. The molecule has 0 aliphatic carbocycles. The monoisotopic (exact) mass is 394 g/mol. The van der Waals surface area contributed by atoms with Crippen molar-refractivity contribution in [3.8, 4) is 0 Å². The van der Waals surface area contributed by atoms with Crippen molar-refractivity contribution in [2.24, 2.45) is 0 Å². The van der Waals surface area contributed by atoms with Crippen LogP contribution in [0.4, 0.5) is 0 Å². The zero-order valence-electron chi connectivity index (χ0n) is 16.3. The van der Waals surface area contributed by atoms with E-state index in [9.17, 15) is 15.0 Å². The molecule has 0 aliphatic rings. The lowest BCUT2D eigenvalue weighted by Gasteiger charge is -2.06. The molecule has 0 bridgehead atoms. The number of allylic oxidation sites excluding steroid dienone is 2. The summed E-state index contributed by atoms with van der Waals surface area (Å²) in [6.07, 6.45) is 15.7. The lowest BCUT2D eigenvalue weighted by atomic mass is 10.1. The molecule has 1 aromatic heterocycles. The first kappa shape index (κ1) is 23.6. The zero-order valence-corrected chi connectivity index (χ0v) is 17.2. The Labute approximate surface area is 167 Å². The van der Waals surface area contributed by atoms with Crippen molar-refractivity contribution in [3.63, 3.8) is 0 Å². The van der Waals surface area contributed by atoms with Crippen LogP contribution in [0.5, 0.6) is 0 Å². The van der Waals surface area contributed by atoms with E-state index in [1.54, 1.807) is 0 Å². The summed E-state index contributed by atoms with van der Waals surface area (Å²) in [7, 11) is 0. The third kappa shape index (κ3) is 11.8. The summed E-state index contributed by atoms with van der Waals surface area (Å²) in [5.41, 5.74) is 0. The van der Waals surface area contributed by atoms with Crippen LogP contribution in [-0.4, -0.2) is 27.4 Å². The van der Waals surface area contributed by atoms with Gasteiger partial charge in [-0.1, -0.05) is 63.7 Å². The summed E-state index contributed by atoms with van der Waals surface area (Å²) >= 11 is 1.50. The van der Waals surface area contributed by atoms with Gasteiger partial charge in [0, 0.05) is 16.2 Å². The van der Waals surface area contributed by atoms with Crippen LogP contribution in [0.2, 0.25) is 0 Å². The Bertz CT molecular complexity index is 577. The number of carboxylic acid groups (broad SMARTS) is 1. The molecule has 2 unspecified atom stereocenters. The second-order valence-corrected chi connectivity index (χ2v) is 8.06. The molecule has 1 aromatic rings. The van der Waals surface area contributed by atoms with Crippen molar-refractivity contribution in [1.29, 1.82) is 0 Å². The first-order valence-corrected chi connectivity index (χ1v) is 10.9. The Kier molecular flexibility index (Phi) is 12.8. The van der Waals surface area contributed by atoms with E-state index >= 15 is 0 Å². The Morgan fingerprint density at radius 2 is 1.78 bits per heavy atom. The molecule has 4 nitrogen and oxygen atoms in total. The van der Waals surface area contributed by atoms with Crippen LogP contribution >= 0.6 is 11.3 Å². The molecule has 5 heteroatoms. The number of aliphatic carboxylic acids is 1. The molecule has 0 spiro atoms. The highest BCUT2D eigenvalue weighted by atomic mass is 32.1. The number of unbranched alkanes of at least 4 members (excludes halogenated alkanes) is 5. The Balaban J connectivity index is 2.27. The number of aliphatic hydroxyl groups is 2. The van der Waals surface area contributed by atoms with E-state index in [-0.39, 0.29) is 6.42 Å². The van der Waals surface area contributed by atoms with Gasteiger partial charge >= 0.3 is 5.97 Å². The minimum Gasteiger partial charge on any atom is -0.481 e. The SMILES string of the molecule is CCCCCCCCC(O)C=CC=Cc1ccc(C(O)CCCC(=O)O)s1. The average Bonchev–Trinajstić information content (AvgIpc) is 3.10. The third-order valence-corrected chi connectivity index (χ3v) is 5.55. The second kappa shape index (κ2) is 14.6. The predicted molar refractivity (Wildman–Crippen MR) is 113 cm³/mol. The minimum absolute atomic E-state index is 0.0844. The van der Waals surface area contributed by atoms with Crippen LogP contribution in [0.15, 0.2) is 30.4 Å². The summed E-state index contributed by atoms with van der Waals surface area (Å²) < 4.78 is 0. The van der Waals surface area contributed by atoms with E-state index in [4.69, 9.17) is 5.11 Å². The lowest BCUT2D eigenvalue weighted by molar-refractivity contribution is -0.137. The minimum atomic E-state index is -0.831. The van der Waals surface area contributed by atoms with Crippen molar-refractivity contribution < 1.29 is 20.1 Å². The molecular formula is C22H34O4S. The number of thiophene rings is 1. The molecule has 1 heterocycles. The van der Waals surface area contributed by atoms with Crippen LogP contribution in [0.1, 0.15) is 87.0 Å². The fraction of sp³-hybridized carbons (Fsp3) is 0.591. The van der Waals surface area contributed by atoms with E-state index in [1.165, 1.54) is 43.4 Å².